The quantitative estimate of drug-likeness (QED) is 0.754. The van der Waals surface area contributed by atoms with Crippen LogP contribution in [0.3, 0.4) is 0 Å². The minimum atomic E-state index is -3.44. The molecule has 8 heteroatoms. The van der Waals surface area contributed by atoms with Gasteiger partial charge in [-0.2, -0.15) is 5.26 Å². The van der Waals surface area contributed by atoms with Crippen molar-refractivity contribution in [1.82, 2.24) is 20.1 Å². The number of hydrogen-bond donors (Lipinski definition) is 2. The third-order valence-electron chi connectivity index (χ3n) is 4.35. The minimum Gasteiger partial charge on any atom is -0.309 e. The van der Waals surface area contributed by atoms with Crippen LogP contribution in [0.1, 0.15) is 11.6 Å². The lowest BCUT2D eigenvalue weighted by Crippen LogP contribution is -2.35. The summed E-state index contributed by atoms with van der Waals surface area (Å²) in [6, 6.07) is 7.21. The van der Waals surface area contributed by atoms with Crippen molar-refractivity contribution in [1.29, 1.82) is 5.26 Å². The molecular formula is C14H19N5O2S. The van der Waals surface area contributed by atoms with Gasteiger partial charge in [-0.15, -0.1) is 0 Å². The van der Waals surface area contributed by atoms with Gasteiger partial charge in [0.15, 0.2) is 6.19 Å². The van der Waals surface area contributed by atoms with Gasteiger partial charge in [-0.1, -0.05) is 12.1 Å². The molecule has 0 aliphatic carbocycles. The van der Waals surface area contributed by atoms with Crippen LogP contribution in [0.15, 0.2) is 29.2 Å². The number of nitriles is 1. The molecule has 118 valence electrons. The number of fused-ring (bicyclic) bond motifs is 1. The van der Waals surface area contributed by atoms with Gasteiger partial charge in [0.25, 0.3) is 0 Å². The van der Waals surface area contributed by atoms with E-state index in [1.54, 1.807) is 23.1 Å². The summed E-state index contributed by atoms with van der Waals surface area (Å²) < 4.78 is 25.7. The topological polar surface area (TPSA) is 88.5 Å². The number of rotatable bonds is 3. The molecule has 0 amide bonds. The fourth-order valence-electron chi connectivity index (χ4n) is 3.11. The molecule has 3 rings (SSSR count). The summed E-state index contributed by atoms with van der Waals surface area (Å²) in [6.07, 6.45) is 2.18. The molecule has 0 spiro atoms. The van der Waals surface area contributed by atoms with Gasteiger partial charge in [0.1, 0.15) is 0 Å². The first-order chi connectivity index (χ1) is 10.4. The maximum atomic E-state index is 12.3. The third-order valence-corrected chi connectivity index (χ3v) is 6.17. The molecule has 0 aromatic heterocycles. The lowest BCUT2D eigenvalue weighted by Gasteiger charge is -2.19. The summed E-state index contributed by atoms with van der Waals surface area (Å²) in [6.45, 7) is 1.36. The van der Waals surface area contributed by atoms with Gasteiger partial charge in [-0.25, -0.2) is 18.1 Å². The smallest absolute Gasteiger partial charge is 0.242 e. The summed E-state index contributed by atoms with van der Waals surface area (Å²) in [5.41, 5.74) is 7.36. The molecular weight excluding hydrogens is 302 g/mol. The molecule has 2 aliphatic heterocycles. The summed E-state index contributed by atoms with van der Waals surface area (Å²) >= 11 is 0. The molecule has 1 aromatic carbocycles. The maximum absolute atomic E-state index is 12.3. The normalized spacial score (nSPS) is 27.9. The highest BCUT2D eigenvalue weighted by atomic mass is 32.2. The van der Waals surface area contributed by atoms with Crippen molar-refractivity contribution >= 4 is 10.0 Å². The molecule has 0 bridgehead atoms. The highest BCUT2D eigenvalue weighted by Gasteiger charge is 2.43. The van der Waals surface area contributed by atoms with Gasteiger partial charge < -0.3 is 4.90 Å². The molecule has 0 radical (unpaired) electrons. The first-order valence-electron chi connectivity index (χ1n) is 7.11. The standard InChI is InChI=1S/C14H19N5O2S/c1-18(2)22(20,21)11-5-3-4-10(6-11)14-12-7-19(9-15)8-13(12)16-17-14/h3-6,12-14,16-17H,7-8H2,1-2H3. The Labute approximate surface area is 130 Å². The molecule has 2 saturated heterocycles. The Morgan fingerprint density at radius 1 is 1.32 bits per heavy atom. The molecule has 7 nitrogen and oxygen atoms in total. The van der Waals surface area contributed by atoms with Gasteiger partial charge in [0, 0.05) is 39.1 Å². The molecule has 2 N–H and O–H groups in total. The Morgan fingerprint density at radius 2 is 2.09 bits per heavy atom. The van der Waals surface area contributed by atoms with Crippen molar-refractivity contribution < 1.29 is 8.42 Å². The second-order valence-electron chi connectivity index (χ2n) is 5.90. The van der Waals surface area contributed by atoms with E-state index in [9.17, 15) is 8.42 Å². The number of sulfonamides is 1. The lowest BCUT2D eigenvalue weighted by molar-refractivity contribution is 0.389. The van der Waals surface area contributed by atoms with Crippen LogP contribution < -0.4 is 10.9 Å². The monoisotopic (exact) mass is 321 g/mol. The van der Waals surface area contributed by atoms with Crippen LogP contribution in [0.5, 0.6) is 0 Å². The van der Waals surface area contributed by atoms with E-state index in [0.717, 1.165) is 5.56 Å². The zero-order valence-electron chi connectivity index (χ0n) is 12.5. The summed E-state index contributed by atoms with van der Waals surface area (Å²) in [5, 5.41) is 9.03. The largest absolute Gasteiger partial charge is 0.309 e. The van der Waals surface area contributed by atoms with Crippen LogP contribution in [0.4, 0.5) is 0 Å². The van der Waals surface area contributed by atoms with E-state index in [2.05, 4.69) is 17.0 Å². The van der Waals surface area contributed by atoms with E-state index in [4.69, 9.17) is 5.26 Å². The molecule has 2 aliphatic rings. The molecule has 2 fully saturated rings. The number of hydrogen-bond acceptors (Lipinski definition) is 6. The average molecular weight is 321 g/mol. The number of benzene rings is 1. The molecule has 0 saturated carbocycles. The first kappa shape index (κ1) is 15.2. The Bertz CT molecular complexity index is 712. The summed E-state index contributed by atoms with van der Waals surface area (Å²) in [7, 11) is -0.398. The van der Waals surface area contributed by atoms with Gasteiger partial charge in [0.05, 0.1) is 10.9 Å². The van der Waals surface area contributed by atoms with E-state index in [1.165, 1.54) is 18.4 Å². The molecule has 3 atom stereocenters. The first-order valence-corrected chi connectivity index (χ1v) is 8.55. The van der Waals surface area contributed by atoms with Crippen molar-refractivity contribution in [3.63, 3.8) is 0 Å². The van der Waals surface area contributed by atoms with Crippen LogP contribution in [0.2, 0.25) is 0 Å². The van der Waals surface area contributed by atoms with Gasteiger partial charge in [0.2, 0.25) is 10.0 Å². The van der Waals surface area contributed by atoms with E-state index in [-0.39, 0.29) is 22.9 Å². The summed E-state index contributed by atoms with van der Waals surface area (Å²) in [5.74, 6) is 0.247. The van der Waals surface area contributed by atoms with E-state index >= 15 is 0 Å². The van der Waals surface area contributed by atoms with Crippen molar-refractivity contribution in [2.24, 2.45) is 5.92 Å². The molecule has 3 unspecified atom stereocenters. The van der Waals surface area contributed by atoms with E-state index in [0.29, 0.717) is 13.1 Å². The number of hydrazine groups is 1. The molecule has 1 aromatic rings. The second kappa shape index (κ2) is 5.52. The number of nitrogens with zero attached hydrogens (tertiary/aromatic N) is 3. The Balaban J connectivity index is 1.89. The molecule has 22 heavy (non-hydrogen) atoms. The minimum absolute atomic E-state index is 0.000613. The number of nitrogens with one attached hydrogen (secondary N) is 2. The van der Waals surface area contributed by atoms with Crippen LogP contribution >= 0.6 is 0 Å². The van der Waals surface area contributed by atoms with Gasteiger partial charge >= 0.3 is 0 Å². The van der Waals surface area contributed by atoms with Crippen molar-refractivity contribution in [3.05, 3.63) is 29.8 Å². The van der Waals surface area contributed by atoms with Gasteiger partial charge in [-0.3, -0.25) is 5.43 Å². The predicted octanol–water partition coefficient (Wildman–Crippen LogP) is -0.133. The lowest BCUT2D eigenvalue weighted by atomic mass is 9.92. The fourth-order valence-corrected chi connectivity index (χ4v) is 4.07. The Kier molecular flexibility index (Phi) is 3.82. The highest BCUT2D eigenvalue weighted by Crippen LogP contribution is 2.34. The number of likely N-dealkylation sites (tertiary alicyclic amines) is 1. The van der Waals surface area contributed by atoms with E-state index in [1.807, 2.05) is 6.07 Å². The van der Waals surface area contributed by atoms with Crippen molar-refractivity contribution in [2.75, 3.05) is 27.2 Å². The third kappa shape index (κ3) is 2.46. The Morgan fingerprint density at radius 3 is 2.77 bits per heavy atom. The zero-order chi connectivity index (χ0) is 15.9. The second-order valence-corrected chi connectivity index (χ2v) is 8.05. The van der Waals surface area contributed by atoms with Crippen molar-refractivity contribution in [2.45, 2.75) is 17.0 Å². The highest BCUT2D eigenvalue weighted by molar-refractivity contribution is 7.89. The SMILES string of the molecule is CN(C)S(=O)(=O)c1cccc(C2NNC3CN(C#N)CC32)c1. The van der Waals surface area contributed by atoms with Crippen LogP contribution in [-0.2, 0) is 10.0 Å². The zero-order valence-corrected chi connectivity index (χ0v) is 13.3. The van der Waals surface area contributed by atoms with E-state index < -0.39 is 10.0 Å². The van der Waals surface area contributed by atoms with Crippen LogP contribution in [-0.4, -0.2) is 50.8 Å². The van der Waals surface area contributed by atoms with Crippen LogP contribution in [0.25, 0.3) is 0 Å². The average Bonchev–Trinajstić information content (AvgIpc) is 3.06. The summed E-state index contributed by atoms with van der Waals surface area (Å²) in [4.78, 5) is 2.02. The molecule has 2 heterocycles. The Hall–Kier alpha value is -1.66. The van der Waals surface area contributed by atoms with Crippen LogP contribution in [0, 0.1) is 17.4 Å². The van der Waals surface area contributed by atoms with Gasteiger partial charge in [-0.05, 0) is 17.7 Å². The van der Waals surface area contributed by atoms with Crippen molar-refractivity contribution in [3.8, 4) is 6.19 Å². The maximum Gasteiger partial charge on any atom is 0.242 e. The predicted molar refractivity (Wildman–Crippen MR) is 80.8 cm³/mol. The fraction of sp³-hybridized carbons (Fsp3) is 0.500.